The van der Waals surface area contributed by atoms with Gasteiger partial charge in [0, 0.05) is 22.7 Å². The molecule has 5 nitrogen and oxygen atoms in total. The Balaban J connectivity index is 1.39. The molecule has 7 aromatic rings. The Morgan fingerprint density at radius 1 is 0.333 bits per heavy atom. The number of hydrogen-bond acceptors (Lipinski definition) is 5. The van der Waals surface area contributed by atoms with Crippen LogP contribution in [0, 0.1) is 0 Å². The van der Waals surface area contributed by atoms with Crippen molar-refractivity contribution in [3.05, 3.63) is 175 Å². The predicted molar refractivity (Wildman–Crippen MR) is 185 cm³/mol. The zero-order valence-electron chi connectivity index (χ0n) is 24.3. The van der Waals surface area contributed by atoms with E-state index in [-0.39, 0.29) is 5.28 Å². The average Bonchev–Trinajstić information content (AvgIpc) is 3.10. The summed E-state index contributed by atoms with van der Waals surface area (Å²) in [5, 5.41) is 0.0929. The minimum Gasteiger partial charge on any atom is -0.279 e. The van der Waals surface area contributed by atoms with E-state index in [1.165, 1.54) is 0 Å². The lowest BCUT2D eigenvalue weighted by Crippen LogP contribution is -2.19. The lowest BCUT2D eigenvalue weighted by atomic mass is 10.0. The maximum Gasteiger partial charge on any atom is 0.240 e. The van der Waals surface area contributed by atoms with E-state index in [9.17, 15) is 0 Å². The summed E-state index contributed by atoms with van der Waals surface area (Å²) in [5.74, 6) is 0.808. The Hall–Kier alpha value is -5.78. The Morgan fingerprint density at radius 2 is 0.667 bits per heavy atom. The van der Waals surface area contributed by atoms with Gasteiger partial charge in [-0.25, -0.2) is 0 Å². The lowest BCUT2D eigenvalue weighted by Gasteiger charge is -2.27. The third-order valence-corrected chi connectivity index (χ3v) is 7.61. The first-order valence-corrected chi connectivity index (χ1v) is 15.0. The molecule has 1 heterocycles. The van der Waals surface area contributed by atoms with Gasteiger partial charge < -0.3 is 0 Å². The van der Waals surface area contributed by atoms with Gasteiger partial charge in [-0.2, -0.15) is 15.0 Å². The zero-order chi connectivity index (χ0) is 30.4. The molecular weight excluding hydrogens is 574 g/mol. The summed E-state index contributed by atoms with van der Waals surface area (Å²) in [6.45, 7) is 0. The quantitative estimate of drug-likeness (QED) is 0.173. The van der Waals surface area contributed by atoms with Crippen LogP contribution in [-0.2, 0) is 0 Å². The van der Waals surface area contributed by atoms with Crippen LogP contribution in [0.1, 0.15) is 0 Å². The van der Waals surface area contributed by atoms with E-state index in [4.69, 9.17) is 16.6 Å². The number of rotatable bonds is 8. The Morgan fingerprint density at radius 3 is 1.07 bits per heavy atom. The van der Waals surface area contributed by atoms with Gasteiger partial charge in [0.1, 0.15) is 0 Å². The maximum absolute atomic E-state index is 6.73. The zero-order valence-corrected chi connectivity index (χ0v) is 25.0. The number of halogens is 1. The molecule has 0 saturated carbocycles. The monoisotopic (exact) mass is 601 g/mol. The molecular formula is C39H28ClN5. The summed E-state index contributed by atoms with van der Waals surface area (Å²) in [6, 6.07) is 57.4. The van der Waals surface area contributed by atoms with Gasteiger partial charge in [0.2, 0.25) is 17.2 Å². The largest absolute Gasteiger partial charge is 0.279 e. The number of hydrogen-bond donors (Lipinski definition) is 0. The fourth-order valence-electron chi connectivity index (χ4n) is 5.35. The van der Waals surface area contributed by atoms with Crippen LogP contribution < -0.4 is 9.80 Å². The van der Waals surface area contributed by atoms with Gasteiger partial charge in [0.15, 0.2) is 0 Å². The fourth-order valence-corrected chi connectivity index (χ4v) is 5.51. The Bertz CT molecular complexity index is 1880. The van der Waals surface area contributed by atoms with E-state index in [0.29, 0.717) is 11.9 Å². The summed E-state index contributed by atoms with van der Waals surface area (Å²) in [7, 11) is 0. The predicted octanol–water partition coefficient (Wildman–Crippen LogP) is 10.8. The minimum absolute atomic E-state index is 0.0929. The van der Waals surface area contributed by atoms with Crippen molar-refractivity contribution in [2.75, 3.05) is 9.80 Å². The number of aromatic nitrogens is 3. The molecule has 216 valence electrons. The molecule has 0 atom stereocenters. The molecule has 6 aromatic carbocycles. The highest BCUT2D eigenvalue weighted by molar-refractivity contribution is 6.28. The molecule has 0 spiro atoms. The van der Waals surface area contributed by atoms with Crippen molar-refractivity contribution in [3.63, 3.8) is 0 Å². The SMILES string of the molecule is Clc1nc(N(c2ccccc2)c2cccc(-c3ccccc3)c2)nc(N(c2ccccc2)c2cccc(-c3ccccc3)c2)n1. The number of para-hydroxylation sites is 2. The second kappa shape index (κ2) is 12.8. The molecule has 0 saturated heterocycles. The minimum atomic E-state index is 0.0929. The first-order valence-electron chi connectivity index (χ1n) is 14.7. The van der Waals surface area contributed by atoms with Gasteiger partial charge >= 0.3 is 0 Å². The molecule has 7 rings (SSSR count). The molecule has 1 aromatic heterocycles. The van der Waals surface area contributed by atoms with E-state index in [2.05, 4.69) is 70.6 Å². The highest BCUT2D eigenvalue weighted by atomic mass is 35.5. The summed E-state index contributed by atoms with van der Waals surface area (Å²) in [6.07, 6.45) is 0. The van der Waals surface area contributed by atoms with Crippen LogP contribution in [0.5, 0.6) is 0 Å². The van der Waals surface area contributed by atoms with Crippen molar-refractivity contribution in [3.8, 4) is 22.3 Å². The summed E-state index contributed by atoms with van der Waals surface area (Å²) >= 11 is 6.73. The van der Waals surface area contributed by atoms with E-state index in [0.717, 1.165) is 45.0 Å². The van der Waals surface area contributed by atoms with E-state index in [1.54, 1.807) is 0 Å². The fraction of sp³-hybridized carbons (Fsp3) is 0. The number of nitrogens with zero attached hydrogens (tertiary/aromatic N) is 5. The van der Waals surface area contributed by atoms with Crippen LogP contribution in [0.25, 0.3) is 22.3 Å². The van der Waals surface area contributed by atoms with Crippen LogP contribution in [0.2, 0.25) is 5.28 Å². The molecule has 45 heavy (non-hydrogen) atoms. The maximum atomic E-state index is 6.73. The van der Waals surface area contributed by atoms with Gasteiger partial charge in [-0.3, -0.25) is 9.80 Å². The number of anilines is 6. The molecule has 0 amide bonds. The number of benzene rings is 6. The molecule has 0 N–H and O–H groups in total. The molecule has 0 unspecified atom stereocenters. The first-order chi connectivity index (χ1) is 22.2. The topological polar surface area (TPSA) is 45.2 Å². The van der Waals surface area contributed by atoms with Crippen LogP contribution in [-0.4, -0.2) is 15.0 Å². The molecule has 6 heteroatoms. The highest BCUT2D eigenvalue weighted by Gasteiger charge is 2.22. The Kier molecular flexibility index (Phi) is 7.99. The van der Waals surface area contributed by atoms with E-state index < -0.39 is 0 Å². The molecule has 0 aliphatic carbocycles. The third-order valence-electron chi connectivity index (χ3n) is 7.44. The van der Waals surface area contributed by atoms with E-state index >= 15 is 0 Å². The summed E-state index contributed by atoms with van der Waals surface area (Å²) in [5.41, 5.74) is 7.99. The molecule has 0 aliphatic rings. The van der Waals surface area contributed by atoms with Crippen LogP contribution in [0.15, 0.2) is 170 Å². The van der Waals surface area contributed by atoms with Gasteiger partial charge in [0.25, 0.3) is 0 Å². The van der Waals surface area contributed by atoms with Crippen molar-refractivity contribution < 1.29 is 0 Å². The van der Waals surface area contributed by atoms with Gasteiger partial charge in [0.05, 0.1) is 0 Å². The average molecular weight is 602 g/mol. The van der Waals surface area contributed by atoms with Crippen molar-refractivity contribution in [2.45, 2.75) is 0 Å². The molecule has 0 radical (unpaired) electrons. The summed E-state index contributed by atoms with van der Waals surface area (Å²) < 4.78 is 0. The standard InChI is InChI=1S/C39H28ClN5/c40-37-41-38(44(33-21-9-3-10-22-33)35-25-13-19-31(27-35)29-15-5-1-6-16-29)43-39(42-37)45(34-23-11-4-12-24-34)36-26-14-20-32(28-36)30-17-7-2-8-18-30/h1-28H. The van der Waals surface area contributed by atoms with Crippen molar-refractivity contribution >= 4 is 46.2 Å². The van der Waals surface area contributed by atoms with Crippen molar-refractivity contribution in [1.82, 2.24) is 15.0 Å². The second-order valence-corrected chi connectivity index (χ2v) is 10.7. The van der Waals surface area contributed by atoms with Crippen LogP contribution in [0.3, 0.4) is 0 Å². The molecule has 0 fully saturated rings. The Labute approximate surface area is 267 Å². The molecule has 0 aliphatic heterocycles. The normalized spacial score (nSPS) is 10.8. The molecule has 0 bridgehead atoms. The van der Waals surface area contributed by atoms with Crippen molar-refractivity contribution in [1.29, 1.82) is 0 Å². The van der Waals surface area contributed by atoms with Crippen LogP contribution >= 0.6 is 11.6 Å². The van der Waals surface area contributed by atoms with Gasteiger partial charge in [-0.05, 0) is 82.4 Å². The first kappa shape index (κ1) is 28.0. The lowest BCUT2D eigenvalue weighted by molar-refractivity contribution is 0.982. The van der Waals surface area contributed by atoms with Crippen LogP contribution in [0.4, 0.5) is 34.6 Å². The third kappa shape index (κ3) is 6.16. The second-order valence-electron chi connectivity index (χ2n) is 10.4. The highest BCUT2D eigenvalue weighted by Crippen LogP contribution is 2.39. The van der Waals surface area contributed by atoms with E-state index in [1.807, 2.05) is 119 Å². The van der Waals surface area contributed by atoms with Crippen molar-refractivity contribution in [2.24, 2.45) is 0 Å². The smallest absolute Gasteiger partial charge is 0.240 e. The summed E-state index contributed by atoms with van der Waals surface area (Å²) in [4.78, 5) is 18.4. The van der Waals surface area contributed by atoms with Gasteiger partial charge in [-0.1, -0.05) is 121 Å². The van der Waals surface area contributed by atoms with Gasteiger partial charge in [-0.15, -0.1) is 0 Å².